The summed E-state index contributed by atoms with van der Waals surface area (Å²) in [5, 5.41) is 0. The second-order valence-corrected chi connectivity index (χ2v) is 6.56. The second-order valence-electron chi connectivity index (χ2n) is 6.56. The molecule has 0 N–H and O–H groups in total. The average molecular weight is 358 g/mol. The number of ketones is 2. The minimum absolute atomic E-state index is 0.0595. The van der Waals surface area contributed by atoms with Crippen LogP contribution in [0.4, 0.5) is 0 Å². The minimum atomic E-state index is -0.448. The van der Waals surface area contributed by atoms with Gasteiger partial charge in [-0.2, -0.15) is 0 Å². The summed E-state index contributed by atoms with van der Waals surface area (Å²) in [5.41, 5.74) is 2.56. The van der Waals surface area contributed by atoms with E-state index in [4.69, 9.17) is 4.74 Å². The highest BCUT2D eigenvalue weighted by molar-refractivity contribution is 6.04. The number of Topliss-reactive ketones (excluding diaryl/α,β-unsaturated/α-hetero) is 2. The summed E-state index contributed by atoms with van der Waals surface area (Å²) in [7, 11) is 1.33. The molecule has 26 heavy (non-hydrogen) atoms. The zero-order valence-corrected chi connectivity index (χ0v) is 16.4. The molecule has 4 heteroatoms. The summed E-state index contributed by atoms with van der Waals surface area (Å²) < 4.78 is 4.85. The predicted molar refractivity (Wildman–Crippen MR) is 104 cm³/mol. The Bertz CT molecular complexity index is 671. The molecule has 0 aromatic heterocycles. The molecule has 1 aromatic rings. The molecule has 0 saturated carbocycles. The number of esters is 1. The monoisotopic (exact) mass is 358 g/mol. The van der Waals surface area contributed by atoms with Crippen LogP contribution in [-0.2, 0) is 20.7 Å². The van der Waals surface area contributed by atoms with Crippen molar-refractivity contribution in [3.05, 3.63) is 40.5 Å². The Balaban J connectivity index is 3.16. The van der Waals surface area contributed by atoms with Crippen molar-refractivity contribution in [2.75, 3.05) is 7.11 Å². The van der Waals surface area contributed by atoms with Gasteiger partial charge in [0.1, 0.15) is 5.78 Å². The van der Waals surface area contributed by atoms with E-state index in [9.17, 15) is 14.4 Å². The van der Waals surface area contributed by atoms with E-state index >= 15 is 0 Å². The van der Waals surface area contributed by atoms with Gasteiger partial charge in [-0.25, -0.2) is 4.79 Å². The zero-order chi connectivity index (χ0) is 19.5. The first-order chi connectivity index (χ1) is 12.4. The van der Waals surface area contributed by atoms with Crippen molar-refractivity contribution < 1.29 is 19.1 Å². The molecule has 0 amide bonds. The van der Waals surface area contributed by atoms with Gasteiger partial charge in [0.2, 0.25) is 0 Å². The first kappa shape index (κ1) is 21.8. The van der Waals surface area contributed by atoms with Crippen molar-refractivity contribution in [1.82, 2.24) is 0 Å². The third-order valence-corrected chi connectivity index (χ3v) is 4.29. The van der Waals surface area contributed by atoms with Gasteiger partial charge in [-0.1, -0.05) is 45.2 Å². The van der Waals surface area contributed by atoms with Gasteiger partial charge in [-0.05, 0) is 43.0 Å². The van der Waals surface area contributed by atoms with Gasteiger partial charge in [0, 0.05) is 18.4 Å². The van der Waals surface area contributed by atoms with Crippen LogP contribution in [0.2, 0.25) is 0 Å². The molecule has 0 radical (unpaired) electrons. The molecule has 0 unspecified atom stereocenters. The number of allylic oxidation sites excluding steroid dienone is 1. The first-order valence-corrected chi connectivity index (χ1v) is 9.37. The van der Waals surface area contributed by atoms with E-state index < -0.39 is 5.97 Å². The molecule has 4 nitrogen and oxygen atoms in total. The molecule has 0 saturated heterocycles. The molecule has 1 rings (SSSR count). The average Bonchev–Trinajstić information content (AvgIpc) is 2.61. The molecule has 0 atom stereocenters. The van der Waals surface area contributed by atoms with E-state index in [1.807, 2.05) is 12.1 Å². The van der Waals surface area contributed by atoms with E-state index in [0.29, 0.717) is 23.1 Å². The standard InChI is InChI=1S/C22H30O4/c1-5-7-8-10-20(24)15-18(16(3)23)14-19-13-17(9-6-2)11-12-21(19)22(25)26-4/h11-14H,5-10,15H2,1-4H3/b18-14+. The maximum atomic E-state index is 12.2. The Kier molecular flexibility index (Phi) is 9.56. The van der Waals surface area contributed by atoms with Crippen LogP contribution in [0.5, 0.6) is 0 Å². The lowest BCUT2D eigenvalue weighted by Crippen LogP contribution is -2.08. The number of unbranched alkanes of at least 4 members (excludes halogenated alkanes) is 2. The number of benzene rings is 1. The van der Waals surface area contributed by atoms with Crippen molar-refractivity contribution in [2.24, 2.45) is 0 Å². The van der Waals surface area contributed by atoms with Gasteiger partial charge in [0.05, 0.1) is 12.7 Å². The van der Waals surface area contributed by atoms with Crippen molar-refractivity contribution in [2.45, 2.75) is 65.7 Å². The molecule has 1 aromatic carbocycles. The van der Waals surface area contributed by atoms with E-state index in [2.05, 4.69) is 13.8 Å². The number of hydrogen-bond acceptors (Lipinski definition) is 4. The normalized spacial score (nSPS) is 11.3. The van der Waals surface area contributed by atoms with Crippen molar-refractivity contribution >= 4 is 23.6 Å². The minimum Gasteiger partial charge on any atom is -0.465 e. The van der Waals surface area contributed by atoms with E-state index in [-0.39, 0.29) is 18.0 Å². The van der Waals surface area contributed by atoms with Crippen LogP contribution in [-0.4, -0.2) is 24.6 Å². The lowest BCUT2D eigenvalue weighted by atomic mass is 9.95. The number of hydrogen-bond donors (Lipinski definition) is 0. The fraction of sp³-hybridized carbons (Fsp3) is 0.500. The third kappa shape index (κ3) is 6.95. The predicted octanol–water partition coefficient (Wildman–Crippen LogP) is 4.94. The maximum absolute atomic E-state index is 12.2. The van der Waals surface area contributed by atoms with Gasteiger partial charge < -0.3 is 4.74 Å². The molecule has 142 valence electrons. The smallest absolute Gasteiger partial charge is 0.338 e. The van der Waals surface area contributed by atoms with Crippen LogP contribution in [0.25, 0.3) is 6.08 Å². The Morgan fingerprint density at radius 2 is 1.81 bits per heavy atom. The van der Waals surface area contributed by atoms with E-state index in [0.717, 1.165) is 37.7 Å². The molecule has 0 spiro atoms. The summed E-state index contributed by atoms with van der Waals surface area (Å²) in [5.74, 6) is -0.536. The number of carbonyl (C=O) groups excluding carboxylic acids is 3. The summed E-state index contributed by atoms with van der Waals surface area (Å²) in [6, 6.07) is 5.53. The van der Waals surface area contributed by atoms with Crippen molar-refractivity contribution in [3.63, 3.8) is 0 Å². The van der Waals surface area contributed by atoms with Crippen molar-refractivity contribution in [3.8, 4) is 0 Å². The topological polar surface area (TPSA) is 60.4 Å². The SMILES string of the molecule is CCCCCC(=O)C/C(=C\c1cc(CCC)ccc1C(=O)OC)C(C)=O. The molecule has 0 aliphatic carbocycles. The fourth-order valence-corrected chi connectivity index (χ4v) is 2.81. The second kappa shape index (κ2) is 11.4. The van der Waals surface area contributed by atoms with Crippen LogP contribution in [0, 0.1) is 0 Å². The Morgan fingerprint density at radius 1 is 1.08 bits per heavy atom. The molecular weight excluding hydrogens is 328 g/mol. The van der Waals surface area contributed by atoms with Crippen LogP contribution in [0.3, 0.4) is 0 Å². The highest BCUT2D eigenvalue weighted by Gasteiger charge is 2.15. The highest BCUT2D eigenvalue weighted by Crippen LogP contribution is 2.20. The number of carbonyl (C=O) groups is 3. The van der Waals surface area contributed by atoms with E-state index in [1.54, 1.807) is 12.1 Å². The Hall–Kier alpha value is -2.23. The zero-order valence-electron chi connectivity index (χ0n) is 16.4. The Morgan fingerprint density at radius 3 is 2.38 bits per heavy atom. The van der Waals surface area contributed by atoms with Gasteiger partial charge in [-0.15, -0.1) is 0 Å². The number of ether oxygens (including phenoxy) is 1. The van der Waals surface area contributed by atoms with Crippen LogP contribution >= 0.6 is 0 Å². The number of rotatable bonds is 11. The van der Waals surface area contributed by atoms with Gasteiger partial charge >= 0.3 is 5.97 Å². The van der Waals surface area contributed by atoms with Crippen molar-refractivity contribution in [1.29, 1.82) is 0 Å². The molecule has 0 heterocycles. The quantitative estimate of drug-likeness (QED) is 0.319. The van der Waals surface area contributed by atoms with Crippen LogP contribution in [0.15, 0.2) is 23.8 Å². The van der Waals surface area contributed by atoms with Gasteiger partial charge in [0.15, 0.2) is 5.78 Å². The van der Waals surface area contributed by atoms with Gasteiger partial charge in [-0.3, -0.25) is 9.59 Å². The lowest BCUT2D eigenvalue weighted by molar-refractivity contribution is -0.120. The fourth-order valence-electron chi connectivity index (χ4n) is 2.81. The van der Waals surface area contributed by atoms with Gasteiger partial charge in [0.25, 0.3) is 0 Å². The Labute approximate surface area is 156 Å². The van der Waals surface area contributed by atoms with Crippen LogP contribution in [0.1, 0.15) is 80.8 Å². The summed E-state index contributed by atoms with van der Waals surface area (Å²) >= 11 is 0. The molecule has 0 bridgehead atoms. The maximum Gasteiger partial charge on any atom is 0.338 e. The highest BCUT2D eigenvalue weighted by atomic mass is 16.5. The summed E-state index contributed by atoms with van der Waals surface area (Å²) in [6.45, 7) is 5.63. The van der Waals surface area contributed by atoms with E-state index in [1.165, 1.54) is 14.0 Å². The lowest BCUT2D eigenvalue weighted by Gasteiger charge is -2.10. The molecule has 0 aliphatic heterocycles. The molecular formula is C22H30O4. The number of methoxy groups -OCH3 is 1. The molecule has 0 aliphatic rings. The molecule has 0 fully saturated rings. The largest absolute Gasteiger partial charge is 0.465 e. The third-order valence-electron chi connectivity index (χ3n) is 4.29. The summed E-state index contributed by atoms with van der Waals surface area (Å²) in [4.78, 5) is 36.3. The summed E-state index contributed by atoms with van der Waals surface area (Å²) in [6.07, 6.45) is 7.04. The van der Waals surface area contributed by atoms with Crippen LogP contribution < -0.4 is 0 Å². The first-order valence-electron chi connectivity index (χ1n) is 9.37. The number of aryl methyl sites for hydroxylation is 1.